The Kier molecular flexibility index (Phi) is 4.61. The van der Waals surface area contributed by atoms with E-state index < -0.39 is 11.7 Å². The summed E-state index contributed by atoms with van der Waals surface area (Å²) in [7, 11) is 3.65. The molecule has 19 heavy (non-hydrogen) atoms. The van der Waals surface area contributed by atoms with Gasteiger partial charge in [-0.25, -0.2) is 4.79 Å². The number of hydrogen-bond donors (Lipinski definition) is 0. The quantitative estimate of drug-likeness (QED) is 0.685. The summed E-state index contributed by atoms with van der Waals surface area (Å²) in [6.07, 6.45) is 2.37. The Balaban J connectivity index is 3.03. The molecule has 0 aromatic rings. The molecule has 0 aromatic carbocycles. The Morgan fingerprint density at radius 3 is 2.47 bits per heavy atom. The highest BCUT2D eigenvalue weighted by Gasteiger charge is 2.35. The summed E-state index contributed by atoms with van der Waals surface area (Å²) < 4.78 is 5.38. The van der Waals surface area contributed by atoms with E-state index in [9.17, 15) is 9.59 Å². The lowest BCUT2D eigenvalue weighted by atomic mass is 10.00. The van der Waals surface area contributed by atoms with Gasteiger partial charge in [-0.1, -0.05) is 0 Å². The molecule has 5 heteroatoms. The second kappa shape index (κ2) is 5.63. The van der Waals surface area contributed by atoms with Gasteiger partial charge in [0.05, 0.1) is 0 Å². The number of Topliss-reactive ketones (excluding diaryl/α,β-unsaturated/α-hetero) is 1. The van der Waals surface area contributed by atoms with E-state index in [1.54, 1.807) is 11.1 Å². The Bertz CT molecular complexity index is 394. The Morgan fingerprint density at radius 2 is 2.00 bits per heavy atom. The van der Waals surface area contributed by atoms with Crippen molar-refractivity contribution in [3.05, 3.63) is 11.9 Å². The summed E-state index contributed by atoms with van der Waals surface area (Å²) in [4.78, 5) is 27.5. The van der Waals surface area contributed by atoms with Crippen LogP contribution in [0.25, 0.3) is 0 Å². The molecule has 0 radical (unpaired) electrons. The van der Waals surface area contributed by atoms with Gasteiger partial charge in [0, 0.05) is 32.8 Å². The van der Waals surface area contributed by atoms with E-state index in [0.29, 0.717) is 18.5 Å². The zero-order chi connectivity index (χ0) is 14.8. The first kappa shape index (κ1) is 15.5. The highest BCUT2D eigenvalue weighted by Crippen LogP contribution is 2.25. The lowest BCUT2D eigenvalue weighted by molar-refractivity contribution is -0.119. The summed E-state index contributed by atoms with van der Waals surface area (Å²) in [6.45, 7) is 7.38. The van der Waals surface area contributed by atoms with E-state index in [-0.39, 0.29) is 11.8 Å². The van der Waals surface area contributed by atoms with Crippen molar-refractivity contribution >= 4 is 11.9 Å². The maximum absolute atomic E-state index is 12.3. The number of allylic oxidation sites excluding steroid dienone is 1. The average Bonchev–Trinajstić information content (AvgIpc) is 2.20. The molecule has 0 spiro atoms. The minimum atomic E-state index is -0.569. The molecule has 1 amide bonds. The Labute approximate surface area is 115 Å². The van der Waals surface area contributed by atoms with Gasteiger partial charge >= 0.3 is 6.09 Å². The van der Waals surface area contributed by atoms with Crippen molar-refractivity contribution in [2.75, 3.05) is 14.1 Å². The van der Waals surface area contributed by atoms with Crippen molar-refractivity contribution in [1.82, 2.24) is 9.80 Å². The summed E-state index contributed by atoms with van der Waals surface area (Å²) in [5.74, 6) is -0.0161. The second-order valence-corrected chi connectivity index (χ2v) is 6.14. The topological polar surface area (TPSA) is 49.9 Å². The molecular weight excluding hydrogens is 244 g/mol. The molecule has 1 heterocycles. The highest BCUT2D eigenvalue weighted by atomic mass is 16.6. The number of carbonyl (C=O) groups is 2. The maximum atomic E-state index is 12.3. The van der Waals surface area contributed by atoms with Gasteiger partial charge < -0.3 is 9.64 Å². The van der Waals surface area contributed by atoms with Gasteiger partial charge in [-0.05, 0) is 34.1 Å². The number of ketones is 1. The van der Waals surface area contributed by atoms with Crippen LogP contribution in [0.1, 0.15) is 40.5 Å². The number of rotatable bonds is 1. The van der Waals surface area contributed by atoms with Gasteiger partial charge in [0.25, 0.3) is 0 Å². The predicted octanol–water partition coefficient (Wildman–Crippen LogP) is 2.38. The number of hydrogen-bond acceptors (Lipinski definition) is 4. The second-order valence-electron chi connectivity index (χ2n) is 6.14. The molecule has 108 valence electrons. The SMILES string of the molecule is CC1CCC(=O)/C(=C/N(C)C)N1C(=O)OC(C)(C)C. The van der Waals surface area contributed by atoms with Crippen LogP contribution in [0.5, 0.6) is 0 Å². The summed E-state index contributed by atoms with van der Waals surface area (Å²) in [6, 6.07) is -0.0289. The molecule has 1 unspecified atom stereocenters. The third kappa shape index (κ3) is 4.26. The van der Waals surface area contributed by atoms with Crippen LogP contribution in [-0.4, -0.2) is 47.4 Å². The lowest BCUT2D eigenvalue weighted by Gasteiger charge is -2.36. The molecule has 1 aliphatic heterocycles. The van der Waals surface area contributed by atoms with Crippen molar-refractivity contribution in [1.29, 1.82) is 0 Å². The van der Waals surface area contributed by atoms with Crippen molar-refractivity contribution < 1.29 is 14.3 Å². The fourth-order valence-corrected chi connectivity index (χ4v) is 1.94. The Hall–Kier alpha value is -1.52. The van der Waals surface area contributed by atoms with Crippen LogP contribution in [0.3, 0.4) is 0 Å². The van der Waals surface area contributed by atoms with Gasteiger partial charge in [-0.2, -0.15) is 0 Å². The molecule has 1 atom stereocenters. The first-order chi connectivity index (χ1) is 8.61. The standard InChI is InChI=1S/C14H24N2O3/c1-10-7-8-12(17)11(9-15(5)6)16(10)13(18)19-14(2,3)4/h9-10H,7-8H2,1-6H3/b11-9-. The zero-order valence-corrected chi connectivity index (χ0v) is 12.7. The van der Waals surface area contributed by atoms with E-state index >= 15 is 0 Å². The number of amides is 1. The molecule has 1 rings (SSSR count). The van der Waals surface area contributed by atoms with Gasteiger partial charge in [0.2, 0.25) is 0 Å². The fourth-order valence-electron chi connectivity index (χ4n) is 1.94. The normalized spacial score (nSPS) is 22.6. The monoisotopic (exact) mass is 268 g/mol. The lowest BCUT2D eigenvalue weighted by Crippen LogP contribution is -2.46. The van der Waals surface area contributed by atoms with Crippen molar-refractivity contribution in [3.8, 4) is 0 Å². The first-order valence-corrected chi connectivity index (χ1v) is 6.55. The number of ether oxygens (including phenoxy) is 1. The van der Waals surface area contributed by atoms with E-state index in [1.165, 1.54) is 4.90 Å². The minimum Gasteiger partial charge on any atom is -0.443 e. The fraction of sp³-hybridized carbons (Fsp3) is 0.714. The smallest absolute Gasteiger partial charge is 0.415 e. The van der Waals surface area contributed by atoms with E-state index in [1.807, 2.05) is 41.8 Å². The molecule has 0 aromatic heterocycles. The van der Waals surface area contributed by atoms with Crippen molar-refractivity contribution in [2.45, 2.75) is 52.2 Å². The van der Waals surface area contributed by atoms with Gasteiger partial charge in [0.1, 0.15) is 11.3 Å². The molecule has 0 saturated carbocycles. The molecule has 0 N–H and O–H groups in total. The zero-order valence-electron chi connectivity index (χ0n) is 12.7. The summed E-state index contributed by atoms with van der Waals surface area (Å²) in [5.41, 5.74) is -0.154. The molecule has 1 saturated heterocycles. The van der Waals surface area contributed by atoms with Gasteiger partial charge in [0.15, 0.2) is 5.78 Å². The third-order valence-corrected chi connectivity index (χ3v) is 2.75. The van der Waals surface area contributed by atoms with Crippen LogP contribution in [0.2, 0.25) is 0 Å². The maximum Gasteiger partial charge on any atom is 0.415 e. The van der Waals surface area contributed by atoms with Crippen molar-refractivity contribution in [3.63, 3.8) is 0 Å². The number of likely N-dealkylation sites (tertiary alicyclic amines) is 1. The third-order valence-electron chi connectivity index (χ3n) is 2.75. The van der Waals surface area contributed by atoms with Crippen LogP contribution in [0.15, 0.2) is 11.9 Å². The highest BCUT2D eigenvalue weighted by molar-refractivity contribution is 5.99. The van der Waals surface area contributed by atoms with E-state index in [0.717, 1.165) is 0 Å². The van der Waals surface area contributed by atoms with Crippen molar-refractivity contribution in [2.24, 2.45) is 0 Å². The largest absolute Gasteiger partial charge is 0.443 e. The van der Waals surface area contributed by atoms with Gasteiger partial charge in [-0.3, -0.25) is 9.69 Å². The molecular formula is C14H24N2O3. The molecule has 1 fully saturated rings. The summed E-state index contributed by atoms with van der Waals surface area (Å²) >= 11 is 0. The number of piperidine rings is 1. The number of nitrogens with zero attached hydrogens (tertiary/aromatic N) is 2. The van der Waals surface area contributed by atoms with Crippen LogP contribution in [-0.2, 0) is 9.53 Å². The Morgan fingerprint density at radius 1 is 1.42 bits per heavy atom. The molecule has 5 nitrogen and oxygen atoms in total. The van der Waals surface area contributed by atoms with E-state index in [2.05, 4.69) is 0 Å². The average molecular weight is 268 g/mol. The summed E-state index contributed by atoms with van der Waals surface area (Å²) in [5, 5.41) is 0. The minimum absolute atomic E-state index is 0.0161. The van der Waals surface area contributed by atoms with Crippen LogP contribution >= 0.6 is 0 Å². The van der Waals surface area contributed by atoms with Crippen LogP contribution in [0.4, 0.5) is 4.79 Å². The molecule has 0 bridgehead atoms. The first-order valence-electron chi connectivity index (χ1n) is 6.55. The van der Waals surface area contributed by atoms with E-state index in [4.69, 9.17) is 4.74 Å². The molecule has 0 aliphatic carbocycles. The van der Waals surface area contributed by atoms with Gasteiger partial charge in [-0.15, -0.1) is 0 Å². The van der Waals surface area contributed by atoms with Crippen LogP contribution in [0, 0.1) is 0 Å². The molecule has 1 aliphatic rings. The predicted molar refractivity (Wildman–Crippen MR) is 73.5 cm³/mol. The number of carbonyl (C=O) groups excluding carboxylic acids is 2. The van der Waals surface area contributed by atoms with Crippen LogP contribution < -0.4 is 0 Å².